The number of hydrogen-bond donors (Lipinski definition) is 0. The van der Waals surface area contributed by atoms with Gasteiger partial charge in [-0.25, -0.2) is 4.68 Å². The zero-order valence-corrected chi connectivity index (χ0v) is 20.4. The molecule has 0 N–H and O–H groups in total. The number of likely N-dealkylation sites (tertiary alicyclic amines) is 1. The van der Waals surface area contributed by atoms with E-state index in [1.54, 1.807) is 4.68 Å². The molecule has 2 saturated heterocycles. The maximum atomic E-state index is 13.3. The highest BCUT2D eigenvalue weighted by Crippen LogP contribution is 2.26. The first-order valence-corrected chi connectivity index (χ1v) is 12.1. The predicted molar refractivity (Wildman–Crippen MR) is 127 cm³/mol. The summed E-state index contributed by atoms with van der Waals surface area (Å²) in [5.41, 5.74) is 3.58. The average Bonchev–Trinajstić information content (AvgIpc) is 3.02. The van der Waals surface area contributed by atoms with Crippen LogP contribution in [0.25, 0.3) is 0 Å². The third-order valence-corrected chi connectivity index (χ3v) is 7.03. The third kappa shape index (κ3) is 5.36. The lowest BCUT2D eigenvalue weighted by Crippen LogP contribution is -2.48. The fraction of sp³-hybridized carbons (Fsp3) is 0.600. The van der Waals surface area contributed by atoms with Gasteiger partial charge < -0.3 is 9.64 Å². The zero-order chi connectivity index (χ0) is 22.8. The van der Waals surface area contributed by atoms with Crippen LogP contribution < -0.4 is 0 Å². The lowest BCUT2D eigenvalue weighted by molar-refractivity contribution is -0.0728. The number of hydrogen-bond acceptors (Lipinski definition) is 4. The number of carbonyl (C=O) groups excluding carboxylic acids is 1. The predicted octanol–water partition coefficient (Wildman–Crippen LogP) is 4.16. The number of morpholine rings is 1. The molecule has 1 aromatic carbocycles. The first-order chi connectivity index (χ1) is 15.3. The Morgan fingerprint density at radius 1 is 1.09 bits per heavy atom. The van der Waals surface area contributed by atoms with Crippen LogP contribution in [0.2, 0.25) is 5.15 Å². The number of ether oxygens (including phenoxy) is 1. The van der Waals surface area contributed by atoms with Crippen LogP contribution in [0.5, 0.6) is 0 Å². The van der Waals surface area contributed by atoms with Gasteiger partial charge in [0, 0.05) is 32.7 Å². The molecule has 0 radical (unpaired) electrons. The highest BCUT2D eigenvalue weighted by atomic mass is 35.5. The van der Waals surface area contributed by atoms with E-state index >= 15 is 0 Å². The molecule has 3 heterocycles. The van der Waals surface area contributed by atoms with E-state index < -0.39 is 0 Å². The average molecular weight is 459 g/mol. The highest BCUT2D eigenvalue weighted by molar-refractivity contribution is 6.33. The molecule has 2 aliphatic heterocycles. The number of amides is 1. The molecule has 32 heavy (non-hydrogen) atoms. The van der Waals surface area contributed by atoms with E-state index in [0.29, 0.717) is 41.1 Å². The summed E-state index contributed by atoms with van der Waals surface area (Å²) < 4.78 is 7.59. The number of aryl methyl sites for hydroxylation is 2. The quantitative estimate of drug-likeness (QED) is 0.675. The number of nitrogens with zero attached hydrogens (tertiary/aromatic N) is 4. The Morgan fingerprint density at radius 2 is 1.72 bits per heavy atom. The molecule has 2 aliphatic rings. The summed E-state index contributed by atoms with van der Waals surface area (Å²) >= 11 is 6.64. The molecule has 2 unspecified atom stereocenters. The molecule has 6 nitrogen and oxygen atoms in total. The van der Waals surface area contributed by atoms with E-state index in [4.69, 9.17) is 16.3 Å². The van der Waals surface area contributed by atoms with E-state index in [2.05, 4.69) is 55.0 Å². The van der Waals surface area contributed by atoms with Crippen molar-refractivity contribution in [2.45, 2.75) is 59.3 Å². The molecule has 0 spiro atoms. The smallest absolute Gasteiger partial charge is 0.258 e. The minimum absolute atomic E-state index is 0.00900. The largest absolute Gasteiger partial charge is 0.373 e. The van der Waals surface area contributed by atoms with Crippen molar-refractivity contribution in [2.24, 2.45) is 5.92 Å². The number of halogens is 1. The maximum absolute atomic E-state index is 13.3. The van der Waals surface area contributed by atoms with Gasteiger partial charge in [0.05, 0.1) is 30.0 Å². The molecule has 174 valence electrons. The minimum atomic E-state index is 0.00900. The molecule has 4 rings (SSSR count). The Balaban J connectivity index is 1.36. The molecule has 1 amide bonds. The summed E-state index contributed by atoms with van der Waals surface area (Å²) in [6, 6.07) is 8.30. The summed E-state index contributed by atoms with van der Waals surface area (Å²) in [6.07, 6.45) is 2.64. The lowest BCUT2D eigenvalue weighted by Gasteiger charge is -2.39. The molecule has 0 bridgehead atoms. The Labute approximate surface area is 196 Å². The second kappa shape index (κ2) is 9.94. The summed E-state index contributed by atoms with van der Waals surface area (Å²) in [5.74, 6) is 0.632. The van der Waals surface area contributed by atoms with Gasteiger partial charge in [-0.1, -0.05) is 41.4 Å². The van der Waals surface area contributed by atoms with E-state index in [-0.39, 0.29) is 5.91 Å². The van der Waals surface area contributed by atoms with Crippen molar-refractivity contribution >= 4 is 17.5 Å². The molecule has 1 aromatic heterocycles. The van der Waals surface area contributed by atoms with Gasteiger partial charge in [0.2, 0.25) is 0 Å². The highest BCUT2D eigenvalue weighted by Gasteiger charge is 2.30. The Morgan fingerprint density at radius 3 is 2.34 bits per heavy atom. The van der Waals surface area contributed by atoms with Crippen LogP contribution in [-0.4, -0.2) is 70.4 Å². The van der Waals surface area contributed by atoms with Crippen LogP contribution in [0.15, 0.2) is 24.3 Å². The van der Waals surface area contributed by atoms with Crippen molar-refractivity contribution in [3.8, 4) is 0 Å². The van der Waals surface area contributed by atoms with Gasteiger partial charge >= 0.3 is 0 Å². The molecule has 2 fully saturated rings. The SMILES string of the molecule is Cc1ccc(Cn2nc(C)c(C(=O)N3CCC(CN4CC(C)OC(C)C4)CC3)c2Cl)cc1. The summed E-state index contributed by atoms with van der Waals surface area (Å²) in [4.78, 5) is 17.8. The maximum Gasteiger partial charge on any atom is 0.258 e. The summed E-state index contributed by atoms with van der Waals surface area (Å²) in [6.45, 7) is 13.4. The van der Waals surface area contributed by atoms with Crippen molar-refractivity contribution < 1.29 is 9.53 Å². The second-order valence-electron chi connectivity index (χ2n) is 9.61. The van der Waals surface area contributed by atoms with Crippen LogP contribution in [0, 0.1) is 19.8 Å². The van der Waals surface area contributed by atoms with Crippen molar-refractivity contribution in [3.63, 3.8) is 0 Å². The molecule has 0 aliphatic carbocycles. The van der Waals surface area contributed by atoms with E-state index in [9.17, 15) is 4.79 Å². The van der Waals surface area contributed by atoms with Crippen LogP contribution in [0.4, 0.5) is 0 Å². The van der Waals surface area contributed by atoms with Crippen LogP contribution in [0.1, 0.15) is 53.9 Å². The van der Waals surface area contributed by atoms with Gasteiger partial charge in [-0.3, -0.25) is 9.69 Å². The zero-order valence-electron chi connectivity index (χ0n) is 19.7. The summed E-state index contributed by atoms with van der Waals surface area (Å²) in [5, 5.41) is 5.01. The third-order valence-electron chi connectivity index (χ3n) is 6.65. The Bertz CT molecular complexity index is 924. The second-order valence-corrected chi connectivity index (χ2v) is 9.96. The van der Waals surface area contributed by atoms with E-state index in [1.165, 1.54) is 5.56 Å². The summed E-state index contributed by atoms with van der Waals surface area (Å²) in [7, 11) is 0. The number of benzene rings is 1. The van der Waals surface area contributed by atoms with Crippen LogP contribution in [0.3, 0.4) is 0 Å². The molecular formula is C25H35ClN4O2. The Kier molecular flexibility index (Phi) is 7.23. The van der Waals surface area contributed by atoms with Gasteiger partial charge in [0.1, 0.15) is 5.15 Å². The number of carbonyl (C=O) groups is 1. The van der Waals surface area contributed by atoms with Crippen molar-refractivity contribution in [2.75, 3.05) is 32.7 Å². The van der Waals surface area contributed by atoms with Crippen molar-refractivity contribution in [1.82, 2.24) is 19.6 Å². The van der Waals surface area contributed by atoms with Gasteiger partial charge in [0.25, 0.3) is 5.91 Å². The fourth-order valence-corrected chi connectivity index (χ4v) is 5.36. The van der Waals surface area contributed by atoms with Gasteiger partial charge in [0.15, 0.2) is 0 Å². The Hall–Kier alpha value is -1.89. The van der Waals surface area contributed by atoms with Crippen molar-refractivity contribution in [1.29, 1.82) is 0 Å². The lowest BCUT2D eigenvalue weighted by atomic mass is 9.95. The van der Waals surface area contributed by atoms with Gasteiger partial charge in [-0.15, -0.1) is 0 Å². The first kappa shape index (κ1) is 23.3. The number of rotatable bonds is 5. The molecular weight excluding hydrogens is 424 g/mol. The standard InChI is InChI=1S/C25H35ClN4O2/c1-17-5-7-21(8-6-17)16-30-24(26)23(20(4)27-30)25(31)29-11-9-22(10-12-29)15-28-13-18(2)32-19(3)14-28/h5-8,18-19,22H,9-16H2,1-4H3. The van der Waals surface area contributed by atoms with Gasteiger partial charge in [-0.2, -0.15) is 5.10 Å². The van der Waals surface area contributed by atoms with Crippen LogP contribution in [-0.2, 0) is 11.3 Å². The molecule has 2 aromatic rings. The molecule has 7 heteroatoms. The minimum Gasteiger partial charge on any atom is -0.373 e. The molecule has 2 atom stereocenters. The molecule has 0 saturated carbocycles. The van der Waals surface area contributed by atoms with Crippen LogP contribution >= 0.6 is 11.6 Å². The number of piperidine rings is 1. The normalized spacial score (nSPS) is 23.0. The fourth-order valence-electron chi connectivity index (χ4n) is 5.04. The van der Waals surface area contributed by atoms with E-state index in [1.807, 2.05) is 11.8 Å². The topological polar surface area (TPSA) is 50.6 Å². The van der Waals surface area contributed by atoms with Gasteiger partial charge in [-0.05, 0) is 52.0 Å². The number of aromatic nitrogens is 2. The van der Waals surface area contributed by atoms with Crippen molar-refractivity contribution in [3.05, 3.63) is 51.8 Å². The first-order valence-electron chi connectivity index (χ1n) is 11.8. The van der Waals surface area contributed by atoms with E-state index in [0.717, 1.165) is 51.1 Å². The monoisotopic (exact) mass is 458 g/mol.